The zero-order valence-corrected chi connectivity index (χ0v) is 20.1. The summed E-state index contributed by atoms with van der Waals surface area (Å²) in [6.07, 6.45) is 3.22. The van der Waals surface area contributed by atoms with Crippen LogP contribution in [-0.2, 0) is 9.59 Å². The average molecular weight is 427 g/mol. The molecule has 0 aromatic rings. The van der Waals surface area contributed by atoms with Gasteiger partial charge in [0.25, 0.3) is 0 Å². The molecule has 0 spiro atoms. The van der Waals surface area contributed by atoms with E-state index in [1.807, 2.05) is 27.7 Å². The Kier molecular flexibility index (Phi) is 10.8. The van der Waals surface area contributed by atoms with Gasteiger partial charge in [0.15, 0.2) is 0 Å². The molecule has 0 radical (unpaired) electrons. The number of nitrogens with one attached hydrogen (secondary N) is 3. The lowest BCUT2D eigenvalue weighted by Gasteiger charge is -2.31. The van der Waals surface area contributed by atoms with Crippen molar-refractivity contribution in [3.8, 4) is 0 Å². The van der Waals surface area contributed by atoms with E-state index in [9.17, 15) is 14.7 Å². The molecule has 4 unspecified atom stereocenters. The van der Waals surface area contributed by atoms with E-state index in [1.165, 1.54) is 0 Å². The fourth-order valence-electron chi connectivity index (χ4n) is 4.39. The topological polar surface area (TPSA) is 116 Å². The second-order valence-electron chi connectivity index (χ2n) is 9.77. The molecule has 30 heavy (non-hydrogen) atoms. The summed E-state index contributed by atoms with van der Waals surface area (Å²) in [6, 6.07) is -0.694. The first kappa shape index (κ1) is 26.9. The van der Waals surface area contributed by atoms with Gasteiger partial charge in [-0.15, -0.1) is 0 Å². The van der Waals surface area contributed by atoms with Crippen molar-refractivity contribution in [3.05, 3.63) is 0 Å². The first-order chi connectivity index (χ1) is 14.0. The third-order valence-electron chi connectivity index (χ3n) is 6.76. The lowest BCUT2D eigenvalue weighted by atomic mass is 9.91. The lowest BCUT2D eigenvalue weighted by molar-refractivity contribution is -0.133. The van der Waals surface area contributed by atoms with Gasteiger partial charge in [0.05, 0.1) is 18.2 Å². The summed E-state index contributed by atoms with van der Waals surface area (Å²) in [7, 11) is 1.76. The molecule has 0 aromatic heterocycles. The van der Waals surface area contributed by atoms with Crippen LogP contribution in [0.25, 0.3) is 0 Å². The molecule has 6 atom stereocenters. The standard InChI is InChI=1S/C23H46N4O3/c1-8-16(6)20(28)18(11-9-10-12-24)26-22(30)23(13-17(23)14(2)3)27-21(29)19(25-7)15(4)5/h14-20,25,28H,8-13,24H2,1-7H3,(H,26,30)(H,27,29)/t16?,17?,18-,19-,20?,23?/m0/s1. The Hall–Kier alpha value is -1.18. The summed E-state index contributed by atoms with van der Waals surface area (Å²) >= 11 is 0. The van der Waals surface area contributed by atoms with Crippen molar-refractivity contribution in [2.45, 2.75) is 97.4 Å². The average Bonchev–Trinajstić information content (AvgIpc) is 3.42. The van der Waals surface area contributed by atoms with Crippen molar-refractivity contribution in [2.75, 3.05) is 13.6 Å². The van der Waals surface area contributed by atoms with Gasteiger partial charge in [-0.1, -0.05) is 54.4 Å². The van der Waals surface area contributed by atoms with Gasteiger partial charge >= 0.3 is 0 Å². The largest absolute Gasteiger partial charge is 0.391 e. The first-order valence-electron chi connectivity index (χ1n) is 11.7. The third-order valence-corrected chi connectivity index (χ3v) is 6.76. The maximum Gasteiger partial charge on any atom is 0.246 e. The van der Waals surface area contributed by atoms with Crippen LogP contribution in [0.3, 0.4) is 0 Å². The van der Waals surface area contributed by atoms with E-state index in [2.05, 4.69) is 29.8 Å². The summed E-state index contributed by atoms with van der Waals surface area (Å²) in [4.78, 5) is 26.3. The zero-order chi connectivity index (χ0) is 23.1. The molecule has 7 nitrogen and oxygen atoms in total. The number of rotatable bonds is 14. The monoisotopic (exact) mass is 426 g/mol. The van der Waals surface area contributed by atoms with Crippen LogP contribution in [0.15, 0.2) is 0 Å². The van der Waals surface area contributed by atoms with Gasteiger partial charge in [0.1, 0.15) is 5.54 Å². The fraction of sp³-hybridized carbons (Fsp3) is 0.913. The van der Waals surface area contributed by atoms with Crippen molar-refractivity contribution < 1.29 is 14.7 Å². The van der Waals surface area contributed by atoms with Crippen molar-refractivity contribution in [3.63, 3.8) is 0 Å². The van der Waals surface area contributed by atoms with Crippen molar-refractivity contribution in [1.82, 2.24) is 16.0 Å². The third kappa shape index (κ3) is 6.66. The molecule has 0 heterocycles. The van der Waals surface area contributed by atoms with Crippen LogP contribution in [0.5, 0.6) is 0 Å². The van der Waals surface area contributed by atoms with Crippen molar-refractivity contribution >= 4 is 11.8 Å². The second kappa shape index (κ2) is 12.0. The highest BCUT2D eigenvalue weighted by molar-refractivity contribution is 5.96. The first-order valence-corrected chi connectivity index (χ1v) is 11.7. The molecular formula is C23H46N4O3. The maximum absolute atomic E-state index is 13.4. The molecule has 0 aromatic carbocycles. The molecule has 1 rings (SSSR count). The van der Waals surface area contributed by atoms with Crippen LogP contribution in [-0.4, -0.2) is 54.2 Å². The van der Waals surface area contributed by atoms with E-state index in [-0.39, 0.29) is 47.6 Å². The minimum absolute atomic E-state index is 0.0772. The van der Waals surface area contributed by atoms with Gasteiger partial charge < -0.3 is 26.8 Å². The number of aliphatic hydroxyl groups excluding tert-OH is 1. The van der Waals surface area contributed by atoms with Gasteiger partial charge in [0.2, 0.25) is 11.8 Å². The molecule has 7 heteroatoms. The quantitative estimate of drug-likeness (QED) is 0.272. The maximum atomic E-state index is 13.4. The summed E-state index contributed by atoms with van der Waals surface area (Å²) in [5.41, 5.74) is 4.73. The molecule has 2 amide bonds. The number of hydrogen-bond acceptors (Lipinski definition) is 5. The minimum atomic E-state index is -0.892. The predicted molar refractivity (Wildman–Crippen MR) is 122 cm³/mol. The van der Waals surface area contributed by atoms with Crippen LogP contribution in [0.4, 0.5) is 0 Å². The van der Waals surface area contributed by atoms with Gasteiger partial charge in [-0.25, -0.2) is 0 Å². The molecule has 1 aliphatic rings. The predicted octanol–water partition coefficient (Wildman–Crippen LogP) is 1.78. The number of carbonyl (C=O) groups excluding carboxylic acids is 2. The number of nitrogens with two attached hydrogens (primary N) is 1. The van der Waals surface area contributed by atoms with Crippen LogP contribution in [0.1, 0.15) is 73.6 Å². The summed E-state index contributed by atoms with van der Waals surface area (Å²) in [5.74, 6) is 0.243. The van der Waals surface area contributed by atoms with Gasteiger partial charge in [-0.3, -0.25) is 9.59 Å². The molecule has 0 bridgehead atoms. The van der Waals surface area contributed by atoms with E-state index in [0.29, 0.717) is 19.4 Å². The molecule has 0 saturated heterocycles. The highest BCUT2D eigenvalue weighted by Crippen LogP contribution is 2.49. The van der Waals surface area contributed by atoms with Gasteiger partial charge in [-0.05, 0) is 56.5 Å². The number of likely N-dealkylation sites (N-methyl/N-ethyl adjacent to an activating group) is 1. The SMILES string of the molecule is CCC(C)C(O)[C@H](CCCCN)NC(=O)C1(NC(=O)[C@@H](NC)C(C)C)CC1C(C)C. The van der Waals surface area contributed by atoms with Crippen LogP contribution in [0, 0.1) is 23.7 Å². The number of hydrogen-bond donors (Lipinski definition) is 5. The summed E-state index contributed by atoms with van der Waals surface area (Å²) in [6.45, 7) is 12.8. The zero-order valence-electron chi connectivity index (χ0n) is 20.1. The van der Waals surface area contributed by atoms with E-state index in [4.69, 9.17) is 5.73 Å². The number of carbonyl (C=O) groups is 2. The Morgan fingerprint density at radius 2 is 1.80 bits per heavy atom. The fourth-order valence-corrected chi connectivity index (χ4v) is 4.39. The molecule has 6 N–H and O–H groups in total. The van der Waals surface area contributed by atoms with Crippen molar-refractivity contribution in [2.24, 2.45) is 29.4 Å². The summed E-state index contributed by atoms with van der Waals surface area (Å²) in [5, 5.41) is 20.1. The van der Waals surface area contributed by atoms with Crippen LogP contribution >= 0.6 is 0 Å². The second-order valence-corrected chi connectivity index (χ2v) is 9.77. The highest BCUT2D eigenvalue weighted by Gasteiger charge is 2.62. The Morgan fingerprint density at radius 3 is 2.23 bits per heavy atom. The van der Waals surface area contributed by atoms with Crippen molar-refractivity contribution in [1.29, 1.82) is 0 Å². The number of amides is 2. The molecule has 176 valence electrons. The highest BCUT2D eigenvalue weighted by atomic mass is 16.3. The van der Waals surface area contributed by atoms with E-state index in [0.717, 1.165) is 19.3 Å². The molecule has 1 aliphatic carbocycles. The summed E-state index contributed by atoms with van der Waals surface area (Å²) < 4.78 is 0. The molecule has 0 aliphatic heterocycles. The van der Waals surface area contributed by atoms with E-state index in [1.54, 1.807) is 7.05 Å². The number of aliphatic hydroxyl groups is 1. The Balaban J connectivity index is 3.01. The minimum Gasteiger partial charge on any atom is -0.391 e. The van der Waals surface area contributed by atoms with Crippen LogP contribution in [0.2, 0.25) is 0 Å². The van der Waals surface area contributed by atoms with E-state index >= 15 is 0 Å². The normalized spacial score (nSPS) is 25.0. The van der Waals surface area contributed by atoms with Gasteiger partial charge in [-0.2, -0.15) is 0 Å². The lowest BCUT2D eigenvalue weighted by Crippen LogP contribution is -2.59. The molecule has 1 saturated carbocycles. The van der Waals surface area contributed by atoms with Gasteiger partial charge in [0, 0.05) is 0 Å². The molecular weight excluding hydrogens is 380 g/mol. The molecule has 1 fully saturated rings. The smallest absolute Gasteiger partial charge is 0.246 e. The Morgan fingerprint density at radius 1 is 1.17 bits per heavy atom. The van der Waals surface area contributed by atoms with Crippen LogP contribution < -0.4 is 21.7 Å². The van der Waals surface area contributed by atoms with E-state index < -0.39 is 11.6 Å². The Labute approximate surface area is 183 Å². The number of unbranched alkanes of at least 4 members (excludes halogenated alkanes) is 1. The Bertz CT molecular complexity index is 555.